The summed E-state index contributed by atoms with van der Waals surface area (Å²) in [6.45, 7) is 0.259. The minimum Gasteiger partial charge on any atom is -0.396 e. The Bertz CT molecular complexity index is 279. The van der Waals surface area contributed by atoms with Gasteiger partial charge in [-0.25, -0.2) is 0 Å². The smallest absolute Gasteiger partial charge is 0.159 e. The van der Waals surface area contributed by atoms with Crippen LogP contribution in [-0.4, -0.2) is 17.5 Å². The number of carbonyl (C=O) groups excluding carboxylic acids is 1. The van der Waals surface area contributed by atoms with Gasteiger partial charge in [0.25, 0.3) is 0 Å². The molecular weight excluding hydrogens is 256 g/mol. The molecule has 0 spiro atoms. The lowest BCUT2D eigenvalue weighted by Crippen LogP contribution is -1.95. The molecule has 0 radical (unpaired) electrons. The Morgan fingerprint density at radius 3 is 2.93 bits per heavy atom. The van der Waals surface area contributed by atoms with Gasteiger partial charge in [0.05, 0.1) is 0 Å². The van der Waals surface area contributed by atoms with Crippen molar-refractivity contribution in [3.05, 3.63) is 22.2 Å². The molecule has 0 bridgehead atoms. The molecule has 3 heteroatoms. The highest BCUT2D eigenvalue weighted by atomic mass is 79.9. The third-order valence-electron chi connectivity index (χ3n) is 2.46. The number of aliphatic hydroxyl groups excluding tert-OH is 1. The van der Waals surface area contributed by atoms with E-state index in [1.807, 2.05) is 6.08 Å². The second kappa shape index (κ2) is 6.96. The molecule has 0 unspecified atom stereocenters. The van der Waals surface area contributed by atoms with E-state index in [4.69, 9.17) is 5.11 Å². The molecule has 15 heavy (non-hydrogen) atoms. The lowest BCUT2D eigenvalue weighted by atomic mass is 10.1. The van der Waals surface area contributed by atoms with Gasteiger partial charge in [0.1, 0.15) is 0 Å². The van der Waals surface area contributed by atoms with Gasteiger partial charge >= 0.3 is 0 Å². The number of hydrogen-bond acceptors (Lipinski definition) is 2. The van der Waals surface area contributed by atoms with Crippen LogP contribution in [0.4, 0.5) is 0 Å². The average Bonchev–Trinajstić information content (AvgIpc) is 2.59. The molecule has 1 rings (SSSR count). The minimum atomic E-state index is 0.259. The van der Waals surface area contributed by atoms with Gasteiger partial charge in [-0.1, -0.05) is 28.1 Å². The fourth-order valence-electron chi connectivity index (χ4n) is 1.59. The Balaban J connectivity index is 2.28. The number of aliphatic hydroxyl groups is 1. The normalized spacial score (nSPS) is 17.1. The molecule has 84 valence electrons. The number of unbranched alkanes of at least 4 members (excludes halogenated alkanes) is 2. The van der Waals surface area contributed by atoms with Crippen molar-refractivity contribution < 1.29 is 9.90 Å². The Morgan fingerprint density at radius 2 is 2.33 bits per heavy atom. The predicted molar refractivity (Wildman–Crippen MR) is 64.9 cm³/mol. The van der Waals surface area contributed by atoms with Gasteiger partial charge in [0, 0.05) is 19.4 Å². The highest BCUT2D eigenvalue weighted by Crippen LogP contribution is 2.24. The van der Waals surface area contributed by atoms with Crippen LogP contribution in [0.15, 0.2) is 22.2 Å². The second-order valence-electron chi connectivity index (χ2n) is 3.74. The van der Waals surface area contributed by atoms with Crippen LogP contribution < -0.4 is 0 Å². The summed E-state index contributed by atoms with van der Waals surface area (Å²) in [7, 11) is 0. The van der Waals surface area contributed by atoms with E-state index in [-0.39, 0.29) is 12.4 Å². The summed E-state index contributed by atoms with van der Waals surface area (Å²) in [5.41, 5.74) is 0.945. The summed E-state index contributed by atoms with van der Waals surface area (Å²) in [6.07, 6.45) is 9.25. The third-order valence-corrected chi connectivity index (χ3v) is 3.06. The number of hydrogen-bond donors (Lipinski definition) is 1. The first-order chi connectivity index (χ1) is 7.24. The molecule has 0 aromatic rings. The van der Waals surface area contributed by atoms with E-state index in [9.17, 15) is 4.79 Å². The van der Waals surface area contributed by atoms with E-state index in [1.54, 1.807) is 0 Å². The first-order valence-electron chi connectivity index (χ1n) is 5.41. The number of halogens is 1. The van der Waals surface area contributed by atoms with Crippen molar-refractivity contribution in [1.82, 2.24) is 0 Å². The van der Waals surface area contributed by atoms with Gasteiger partial charge in [-0.2, -0.15) is 0 Å². The van der Waals surface area contributed by atoms with Crippen molar-refractivity contribution >= 4 is 21.7 Å². The zero-order chi connectivity index (χ0) is 11.1. The van der Waals surface area contributed by atoms with Crippen molar-refractivity contribution in [2.45, 2.75) is 38.5 Å². The van der Waals surface area contributed by atoms with E-state index in [2.05, 4.69) is 22.0 Å². The monoisotopic (exact) mass is 272 g/mol. The van der Waals surface area contributed by atoms with Crippen LogP contribution in [0.1, 0.15) is 38.5 Å². The Morgan fingerprint density at radius 1 is 1.53 bits per heavy atom. The van der Waals surface area contributed by atoms with Crippen molar-refractivity contribution in [3.8, 4) is 0 Å². The maximum atomic E-state index is 11.3. The van der Waals surface area contributed by atoms with E-state index >= 15 is 0 Å². The van der Waals surface area contributed by atoms with Gasteiger partial charge in [-0.3, -0.25) is 4.79 Å². The molecule has 1 aliphatic rings. The van der Waals surface area contributed by atoms with E-state index in [0.29, 0.717) is 6.42 Å². The van der Waals surface area contributed by atoms with E-state index < -0.39 is 0 Å². The fraction of sp³-hybridized carbons (Fsp3) is 0.583. The third kappa shape index (κ3) is 4.76. The largest absolute Gasteiger partial charge is 0.396 e. The number of carbonyl (C=O) groups is 1. The van der Waals surface area contributed by atoms with Gasteiger partial charge < -0.3 is 5.11 Å². The van der Waals surface area contributed by atoms with E-state index in [1.165, 1.54) is 0 Å². The SMILES string of the molecule is O=C1CCC=C1C/C(Br)=C/CCCCO. The molecule has 1 aliphatic carbocycles. The first kappa shape index (κ1) is 12.7. The van der Waals surface area contributed by atoms with E-state index in [0.717, 1.165) is 42.2 Å². The van der Waals surface area contributed by atoms with Crippen LogP contribution in [0.2, 0.25) is 0 Å². The van der Waals surface area contributed by atoms with Crippen LogP contribution in [0.5, 0.6) is 0 Å². The zero-order valence-electron chi connectivity index (χ0n) is 8.84. The first-order valence-corrected chi connectivity index (χ1v) is 6.21. The van der Waals surface area contributed by atoms with Crippen molar-refractivity contribution in [3.63, 3.8) is 0 Å². The molecule has 0 fully saturated rings. The van der Waals surface area contributed by atoms with Gasteiger partial charge in [0.15, 0.2) is 5.78 Å². The molecule has 0 atom stereocenters. The number of allylic oxidation sites excluding steroid dienone is 4. The number of ketones is 1. The van der Waals surface area contributed by atoms with Gasteiger partial charge in [-0.15, -0.1) is 0 Å². The van der Waals surface area contributed by atoms with Crippen molar-refractivity contribution in [2.75, 3.05) is 6.61 Å². The molecule has 2 nitrogen and oxygen atoms in total. The van der Waals surface area contributed by atoms with Crippen LogP contribution >= 0.6 is 15.9 Å². The summed E-state index contributed by atoms with van der Waals surface area (Å²) in [5.74, 6) is 0.288. The van der Waals surface area contributed by atoms with Gasteiger partial charge in [-0.05, 0) is 35.7 Å². The minimum absolute atomic E-state index is 0.259. The molecule has 0 amide bonds. The standard InChI is InChI=1S/C12H17BrO2/c13-11(6-2-1-3-8-14)9-10-5-4-7-12(10)15/h5-6,14H,1-4,7-9H2/b11-6-. The summed E-state index contributed by atoms with van der Waals surface area (Å²) in [4.78, 5) is 11.3. The molecule has 0 saturated carbocycles. The Kier molecular flexibility index (Phi) is 5.88. The zero-order valence-corrected chi connectivity index (χ0v) is 10.4. The van der Waals surface area contributed by atoms with Crippen molar-refractivity contribution in [2.24, 2.45) is 0 Å². The summed E-state index contributed by atoms with van der Waals surface area (Å²) in [6, 6.07) is 0. The Hall–Kier alpha value is -0.410. The molecule has 0 heterocycles. The highest BCUT2D eigenvalue weighted by molar-refractivity contribution is 9.11. The maximum absolute atomic E-state index is 11.3. The topological polar surface area (TPSA) is 37.3 Å². The van der Waals surface area contributed by atoms with Crippen LogP contribution in [0, 0.1) is 0 Å². The fourth-order valence-corrected chi connectivity index (χ4v) is 2.12. The van der Waals surface area contributed by atoms with Crippen LogP contribution in [-0.2, 0) is 4.79 Å². The predicted octanol–water partition coefficient (Wildman–Crippen LogP) is 3.11. The molecule has 0 aromatic carbocycles. The summed E-state index contributed by atoms with van der Waals surface area (Å²) < 4.78 is 1.09. The molecule has 0 aromatic heterocycles. The number of Topliss-reactive ketones (excluding diaryl/α,β-unsaturated/α-hetero) is 1. The molecule has 0 aliphatic heterocycles. The second-order valence-corrected chi connectivity index (χ2v) is 4.76. The highest BCUT2D eigenvalue weighted by Gasteiger charge is 2.14. The lowest BCUT2D eigenvalue weighted by molar-refractivity contribution is -0.114. The average molecular weight is 273 g/mol. The van der Waals surface area contributed by atoms with Crippen molar-refractivity contribution in [1.29, 1.82) is 0 Å². The quantitative estimate of drug-likeness (QED) is 0.755. The molecule has 1 N–H and O–H groups in total. The number of rotatable bonds is 6. The van der Waals surface area contributed by atoms with Crippen LogP contribution in [0.3, 0.4) is 0 Å². The molecule has 0 saturated heterocycles. The summed E-state index contributed by atoms with van der Waals surface area (Å²) in [5, 5.41) is 8.61. The maximum Gasteiger partial charge on any atom is 0.159 e. The summed E-state index contributed by atoms with van der Waals surface area (Å²) >= 11 is 3.47. The lowest BCUT2D eigenvalue weighted by Gasteiger charge is -2.00. The van der Waals surface area contributed by atoms with Gasteiger partial charge in [0.2, 0.25) is 0 Å². The molecular formula is C12H17BrO2. The van der Waals surface area contributed by atoms with Crippen LogP contribution in [0.25, 0.3) is 0 Å². The Labute approximate surface area is 99.2 Å².